The number of ether oxygens (including phenoxy) is 1. The quantitative estimate of drug-likeness (QED) is 0.758. The van der Waals surface area contributed by atoms with Crippen molar-refractivity contribution in [2.45, 2.75) is 26.3 Å². The molecule has 0 unspecified atom stereocenters. The Hall–Kier alpha value is -2.40. The SMILES string of the molecule is Cc1ccc(OCCNC(=O)[C@@H]2CCCN(Cc3ccc(F)cc3)C2)cc1. The fourth-order valence-corrected chi connectivity index (χ4v) is 3.38. The highest BCUT2D eigenvalue weighted by molar-refractivity contribution is 5.78. The van der Waals surface area contributed by atoms with Gasteiger partial charge in [0.2, 0.25) is 5.91 Å². The molecule has 1 saturated heterocycles. The summed E-state index contributed by atoms with van der Waals surface area (Å²) >= 11 is 0. The van der Waals surface area contributed by atoms with Crippen LogP contribution in [0.25, 0.3) is 0 Å². The summed E-state index contributed by atoms with van der Waals surface area (Å²) in [6.45, 7) is 5.45. The summed E-state index contributed by atoms with van der Waals surface area (Å²) in [5, 5.41) is 2.99. The van der Waals surface area contributed by atoms with E-state index in [1.54, 1.807) is 12.1 Å². The van der Waals surface area contributed by atoms with Crippen LogP contribution in [-0.2, 0) is 11.3 Å². The fraction of sp³-hybridized carbons (Fsp3) is 0.409. The van der Waals surface area contributed by atoms with E-state index in [0.29, 0.717) is 13.2 Å². The van der Waals surface area contributed by atoms with Gasteiger partial charge in [-0.1, -0.05) is 29.8 Å². The summed E-state index contributed by atoms with van der Waals surface area (Å²) in [5.41, 5.74) is 2.27. The van der Waals surface area contributed by atoms with E-state index in [4.69, 9.17) is 4.74 Å². The number of halogens is 1. The normalized spacial score (nSPS) is 17.5. The predicted molar refractivity (Wildman–Crippen MR) is 104 cm³/mol. The van der Waals surface area contributed by atoms with E-state index in [0.717, 1.165) is 43.8 Å². The monoisotopic (exact) mass is 370 g/mol. The van der Waals surface area contributed by atoms with E-state index in [1.807, 2.05) is 31.2 Å². The lowest BCUT2D eigenvalue weighted by Gasteiger charge is -2.32. The molecule has 0 aliphatic carbocycles. The van der Waals surface area contributed by atoms with E-state index in [9.17, 15) is 9.18 Å². The number of carbonyl (C=O) groups excluding carboxylic acids is 1. The van der Waals surface area contributed by atoms with Crippen molar-refractivity contribution < 1.29 is 13.9 Å². The molecule has 2 aromatic rings. The van der Waals surface area contributed by atoms with Gasteiger partial charge in [0.1, 0.15) is 18.2 Å². The molecule has 0 spiro atoms. The lowest BCUT2D eigenvalue weighted by molar-refractivity contribution is -0.126. The van der Waals surface area contributed by atoms with E-state index in [2.05, 4.69) is 10.2 Å². The van der Waals surface area contributed by atoms with Crippen molar-refractivity contribution in [2.24, 2.45) is 5.92 Å². The van der Waals surface area contributed by atoms with Crippen LogP contribution in [0.2, 0.25) is 0 Å². The molecule has 1 amide bonds. The van der Waals surface area contributed by atoms with Crippen LogP contribution < -0.4 is 10.1 Å². The molecule has 0 aromatic heterocycles. The highest BCUT2D eigenvalue weighted by Gasteiger charge is 2.25. The molecule has 1 atom stereocenters. The third-order valence-corrected chi connectivity index (χ3v) is 4.89. The van der Waals surface area contributed by atoms with Crippen LogP contribution in [0.15, 0.2) is 48.5 Å². The summed E-state index contributed by atoms with van der Waals surface area (Å²) in [4.78, 5) is 14.7. The first-order valence-corrected chi connectivity index (χ1v) is 9.54. The number of hydrogen-bond acceptors (Lipinski definition) is 3. The maximum atomic E-state index is 13.0. The number of amides is 1. The zero-order chi connectivity index (χ0) is 19.1. The zero-order valence-electron chi connectivity index (χ0n) is 15.8. The van der Waals surface area contributed by atoms with Crippen LogP contribution in [0.3, 0.4) is 0 Å². The average molecular weight is 370 g/mol. The molecule has 1 heterocycles. The molecule has 2 aromatic carbocycles. The van der Waals surface area contributed by atoms with Gasteiger partial charge in [-0.2, -0.15) is 0 Å². The number of rotatable bonds is 7. The maximum Gasteiger partial charge on any atom is 0.224 e. The highest BCUT2D eigenvalue weighted by atomic mass is 19.1. The molecule has 4 nitrogen and oxygen atoms in total. The van der Waals surface area contributed by atoms with Gasteiger partial charge < -0.3 is 10.1 Å². The minimum Gasteiger partial charge on any atom is -0.492 e. The fourth-order valence-electron chi connectivity index (χ4n) is 3.38. The molecular weight excluding hydrogens is 343 g/mol. The number of likely N-dealkylation sites (tertiary alicyclic amines) is 1. The summed E-state index contributed by atoms with van der Waals surface area (Å²) in [6.07, 6.45) is 1.91. The third-order valence-electron chi connectivity index (χ3n) is 4.89. The topological polar surface area (TPSA) is 41.6 Å². The van der Waals surface area contributed by atoms with Crippen molar-refractivity contribution in [2.75, 3.05) is 26.2 Å². The number of benzene rings is 2. The lowest BCUT2D eigenvalue weighted by Crippen LogP contribution is -2.43. The van der Waals surface area contributed by atoms with E-state index in [-0.39, 0.29) is 17.6 Å². The van der Waals surface area contributed by atoms with Gasteiger partial charge in [-0.15, -0.1) is 0 Å². The van der Waals surface area contributed by atoms with Gasteiger partial charge in [0.15, 0.2) is 0 Å². The zero-order valence-corrected chi connectivity index (χ0v) is 15.8. The minimum absolute atomic E-state index is 0.00132. The second kappa shape index (κ2) is 9.51. The van der Waals surface area contributed by atoms with Crippen LogP contribution >= 0.6 is 0 Å². The summed E-state index contributed by atoms with van der Waals surface area (Å²) in [5.74, 6) is 0.686. The Labute approximate surface area is 160 Å². The first kappa shape index (κ1) is 19.4. The predicted octanol–water partition coefficient (Wildman–Crippen LogP) is 3.54. The van der Waals surface area contributed by atoms with E-state index >= 15 is 0 Å². The molecule has 0 radical (unpaired) electrons. The van der Waals surface area contributed by atoms with Crippen molar-refractivity contribution in [3.63, 3.8) is 0 Å². The number of carbonyl (C=O) groups is 1. The second-order valence-electron chi connectivity index (χ2n) is 7.15. The van der Waals surface area contributed by atoms with Crippen molar-refractivity contribution in [3.05, 3.63) is 65.5 Å². The van der Waals surface area contributed by atoms with Gasteiger partial charge in [-0.25, -0.2) is 4.39 Å². The van der Waals surface area contributed by atoms with Gasteiger partial charge >= 0.3 is 0 Å². The Morgan fingerprint density at radius 1 is 1.19 bits per heavy atom. The number of nitrogens with zero attached hydrogens (tertiary/aromatic N) is 1. The third kappa shape index (κ3) is 6.07. The minimum atomic E-state index is -0.220. The Balaban J connectivity index is 1.40. The van der Waals surface area contributed by atoms with E-state index in [1.165, 1.54) is 17.7 Å². The smallest absolute Gasteiger partial charge is 0.224 e. The Morgan fingerprint density at radius 2 is 1.93 bits per heavy atom. The molecule has 0 bridgehead atoms. The lowest BCUT2D eigenvalue weighted by atomic mass is 9.96. The standard InChI is InChI=1S/C22H27FN2O2/c1-17-4-10-21(11-5-17)27-14-12-24-22(26)19-3-2-13-25(16-19)15-18-6-8-20(23)9-7-18/h4-11,19H,2-3,12-16H2,1H3,(H,24,26)/t19-/m1/s1. The number of aryl methyl sites for hydroxylation is 1. The highest BCUT2D eigenvalue weighted by Crippen LogP contribution is 2.19. The van der Waals surface area contributed by atoms with Gasteiger partial charge in [0.05, 0.1) is 12.5 Å². The molecule has 27 heavy (non-hydrogen) atoms. The van der Waals surface area contributed by atoms with Crippen molar-refractivity contribution in [1.29, 1.82) is 0 Å². The van der Waals surface area contributed by atoms with Crippen molar-refractivity contribution >= 4 is 5.91 Å². The van der Waals surface area contributed by atoms with Crippen LogP contribution in [0.5, 0.6) is 5.75 Å². The van der Waals surface area contributed by atoms with Crippen LogP contribution in [0, 0.1) is 18.7 Å². The summed E-state index contributed by atoms with van der Waals surface area (Å²) in [6, 6.07) is 14.5. The molecule has 1 aliphatic rings. The number of hydrogen-bond donors (Lipinski definition) is 1. The van der Waals surface area contributed by atoms with Crippen LogP contribution in [0.4, 0.5) is 4.39 Å². The first-order chi connectivity index (χ1) is 13.1. The van der Waals surface area contributed by atoms with Crippen molar-refractivity contribution in [1.82, 2.24) is 10.2 Å². The molecule has 144 valence electrons. The Bertz CT molecular complexity index is 731. The van der Waals surface area contributed by atoms with Gasteiger partial charge in [0, 0.05) is 13.1 Å². The average Bonchev–Trinajstić information content (AvgIpc) is 2.68. The molecular formula is C22H27FN2O2. The van der Waals surface area contributed by atoms with Crippen LogP contribution in [0.1, 0.15) is 24.0 Å². The largest absolute Gasteiger partial charge is 0.492 e. The summed E-state index contributed by atoms with van der Waals surface area (Å²) in [7, 11) is 0. The molecule has 1 N–H and O–H groups in total. The van der Waals surface area contributed by atoms with Gasteiger partial charge in [0.25, 0.3) is 0 Å². The Morgan fingerprint density at radius 3 is 2.67 bits per heavy atom. The van der Waals surface area contributed by atoms with Gasteiger partial charge in [-0.05, 0) is 56.1 Å². The molecule has 1 fully saturated rings. The second-order valence-corrected chi connectivity index (χ2v) is 7.15. The first-order valence-electron chi connectivity index (χ1n) is 9.54. The number of nitrogens with one attached hydrogen (secondary N) is 1. The molecule has 1 aliphatic heterocycles. The van der Waals surface area contributed by atoms with Gasteiger partial charge in [-0.3, -0.25) is 9.69 Å². The molecule has 5 heteroatoms. The maximum absolute atomic E-state index is 13.0. The molecule has 0 saturated carbocycles. The summed E-state index contributed by atoms with van der Waals surface area (Å²) < 4.78 is 18.7. The Kier molecular flexibility index (Phi) is 6.82. The van der Waals surface area contributed by atoms with E-state index < -0.39 is 0 Å². The number of piperidine rings is 1. The van der Waals surface area contributed by atoms with Crippen LogP contribution in [-0.4, -0.2) is 37.0 Å². The molecule has 3 rings (SSSR count). The van der Waals surface area contributed by atoms with Crippen molar-refractivity contribution in [3.8, 4) is 5.75 Å².